The van der Waals surface area contributed by atoms with E-state index in [2.05, 4.69) is 16.2 Å². The second-order valence-corrected chi connectivity index (χ2v) is 7.66. The first-order valence-electron chi connectivity index (χ1n) is 9.61. The molecule has 4 rings (SSSR count). The molecule has 3 atom stereocenters. The summed E-state index contributed by atoms with van der Waals surface area (Å²) >= 11 is 0. The van der Waals surface area contributed by atoms with E-state index in [1.54, 1.807) is 4.90 Å². The van der Waals surface area contributed by atoms with Gasteiger partial charge >= 0.3 is 6.03 Å². The topological polar surface area (TPSA) is 93.8 Å². The van der Waals surface area contributed by atoms with Gasteiger partial charge in [-0.25, -0.2) is 9.18 Å². The van der Waals surface area contributed by atoms with Crippen LogP contribution in [0, 0.1) is 11.7 Å². The zero-order chi connectivity index (χ0) is 19.7. The molecule has 4 amide bonds. The molecule has 1 aromatic rings. The van der Waals surface area contributed by atoms with Crippen LogP contribution in [0.1, 0.15) is 24.3 Å². The van der Waals surface area contributed by atoms with E-state index in [1.165, 1.54) is 17.0 Å². The fraction of sp³-hybridized carbons (Fsp3) is 0.526. The van der Waals surface area contributed by atoms with Crippen molar-refractivity contribution in [1.29, 1.82) is 0 Å². The summed E-state index contributed by atoms with van der Waals surface area (Å²) in [6.45, 7) is 1.85. The van der Waals surface area contributed by atoms with Crippen LogP contribution in [-0.4, -0.2) is 66.4 Å². The number of hydrogen-bond donors (Lipinski definition) is 3. The summed E-state index contributed by atoms with van der Waals surface area (Å²) in [4.78, 5) is 38.7. The monoisotopic (exact) mass is 389 g/mol. The van der Waals surface area contributed by atoms with E-state index in [1.807, 2.05) is 12.1 Å². The molecule has 0 aliphatic carbocycles. The molecule has 8 nitrogen and oxygen atoms in total. The fourth-order valence-corrected chi connectivity index (χ4v) is 4.40. The van der Waals surface area contributed by atoms with Gasteiger partial charge in [-0.3, -0.25) is 25.8 Å². The van der Waals surface area contributed by atoms with E-state index >= 15 is 0 Å². The van der Waals surface area contributed by atoms with E-state index in [9.17, 15) is 18.8 Å². The van der Waals surface area contributed by atoms with Crippen LogP contribution < -0.4 is 16.2 Å². The van der Waals surface area contributed by atoms with Gasteiger partial charge in [-0.05, 0) is 36.5 Å². The Bertz CT molecular complexity index is 771. The molecule has 28 heavy (non-hydrogen) atoms. The molecule has 0 spiro atoms. The molecule has 9 heteroatoms. The molecule has 0 radical (unpaired) electrons. The molecular formula is C19H24FN5O3. The van der Waals surface area contributed by atoms with Gasteiger partial charge in [0.1, 0.15) is 18.9 Å². The predicted octanol–water partition coefficient (Wildman–Crippen LogP) is 0.176. The molecular weight excluding hydrogens is 365 g/mol. The van der Waals surface area contributed by atoms with Crippen LogP contribution in [0.5, 0.6) is 0 Å². The Labute approximate surface area is 162 Å². The molecule has 3 fully saturated rings. The van der Waals surface area contributed by atoms with E-state index < -0.39 is 6.03 Å². The Hall–Kier alpha value is -2.52. The van der Waals surface area contributed by atoms with E-state index in [4.69, 9.17) is 0 Å². The number of nitrogens with zero attached hydrogens (tertiary/aromatic N) is 2. The van der Waals surface area contributed by atoms with Gasteiger partial charge in [0.25, 0.3) is 0 Å². The van der Waals surface area contributed by atoms with Crippen molar-refractivity contribution in [1.82, 2.24) is 26.0 Å². The molecule has 0 saturated carbocycles. The number of imide groups is 1. The summed E-state index contributed by atoms with van der Waals surface area (Å²) < 4.78 is 13.3. The molecule has 0 bridgehead atoms. The first kappa shape index (κ1) is 18.8. The van der Waals surface area contributed by atoms with Crippen molar-refractivity contribution in [3.8, 4) is 0 Å². The first-order chi connectivity index (χ1) is 13.5. The number of hydrogen-bond acceptors (Lipinski definition) is 5. The Morgan fingerprint density at radius 1 is 1.21 bits per heavy atom. The molecule has 0 aromatic heterocycles. The molecule has 3 aliphatic rings. The van der Waals surface area contributed by atoms with Gasteiger partial charge in [-0.2, -0.15) is 0 Å². The van der Waals surface area contributed by atoms with Crippen LogP contribution in [0.25, 0.3) is 0 Å². The lowest BCUT2D eigenvalue weighted by atomic mass is 9.81. The standard InChI is InChI=1S/C19H24FN5O3/c20-14-5-3-12(4-6-14)15-8-21-23-18(15)13-2-1-7-24(9-13)17(27)11-25-10-16(26)22-19(25)28/h3-6,13,15,18,21,23H,1-2,7-11H2,(H,22,26,28). The Balaban J connectivity index is 1.40. The molecule has 1 aromatic carbocycles. The van der Waals surface area contributed by atoms with Gasteiger partial charge in [-0.15, -0.1) is 0 Å². The number of halogens is 1. The highest BCUT2D eigenvalue weighted by Gasteiger charge is 2.38. The lowest BCUT2D eigenvalue weighted by Gasteiger charge is -2.38. The number of rotatable bonds is 4. The quantitative estimate of drug-likeness (QED) is 0.639. The zero-order valence-corrected chi connectivity index (χ0v) is 15.5. The number of piperidine rings is 1. The minimum atomic E-state index is -0.509. The molecule has 3 saturated heterocycles. The van der Waals surface area contributed by atoms with Crippen LogP contribution in [0.4, 0.5) is 9.18 Å². The highest BCUT2D eigenvalue weighted by Crippen LogP contribution is 2.31. The van der Waals surface area contributed by atoms with Gasteiger partial charge in [0.15, 0.2) is 0 Å². The average molecular weight is 389 g/mol. The Kier molecular flexibility index (Phi) is 5.27. The second-order valence-electron chi connectivity index (χ2n) is 7.66. The first-order valence-corrected chi connectivity index (χ1v) is 9.61. The summed E-state index contributed by atoms with van der Waals surface area (Å²) in [6, 6.07) is 6.21. The number of urea groups is 1. The number of amides is 4. The van der Waals surface area contributed by atoms with Crippen molar-refractivity contribution in [3.05, 3.63) is 35.6 Å². The summed E-state index contributed by atoms with van der Waals surface area (Å²) in [5.41, 5.74) is 7.60. The van der Waals surface area contributed by atoms with E-state index in [0.29, 0.717) is 13.1 Å². The fourth-order valence-electron chi connectivity index (χ4n) is 4.40. The van der Waals surface area contributed by atoms with Gasteiger partial charge in [0, 0.05) is 31.6 Å². The number of nitrogens with one attached hydrogen (secondary N) is 3. The van der Waals surface area contributed by atoms with E-state index in [-0.39, 0.29) is 48.6 Å². The zero-order valence-electron chi connectivity index (χ0n) is 15.5. The summed E-state index contributed by atoms with van der Waals surface area (Å²) in [7, 11) is 0. The maximum absolute atomic E-state index is 13.3. The summed E-state index contributed by atoms with van der Waals surface area (Å²) in [6.07, 6.45) is 1.87. The highest BCUT2D eigenvalue weighted by atomic mass is 19.1. The normalized spacial score (nSPS) is 28.0. The maximum atomic E-state index is 13.3. The SMILES string of the molecule is O=C1CN(CC(=O)N2CCCC(C3NNCC3c3ccc(F)cc3)C2)C(=O)N1. The minimum absolute atomic E-state index is 0.0669. The third-order valence-electron chi connectivity index (χ3n) is 5.83. The Morgan fingerprint density at radius 2 is 2.00 bits per heavy atom. The van der Waals surface area contributed by atoms with Crippen molar-refractivity contribution >= 4 is 17.8 Å². The third kappa shape index (κ3) is 3.85. The van der Waals surface area contributed by atoms with Crippen molar-refractivity contribution in [2.75, 3.05) is 32.7 Å². The second kappa shape index (κ2) is 7.84. The van der Waals surface area contributed by atoms with Crippen molar-refractivity contribution in [2.24, 2.45) is 5.92 Å². The average Bonchev–Trinajstić information content (AvgIpc) is 3.29. The van der Waals surface area contributed by atoms with Gasteiger partial charge in [0.05, 0.1) is 0 Å². The predicted molar refractivity (Wildman–Crippen MR) is 98.5 cm³/mol. The molecule has 150 valence electrons. The summed E-state index contributed by atoms with van der Waals surface area (Å²) in [5, 5.41) is 2.19. The molecule has 3 heterocycles. The largest absolute Gasteiger partial charge is 0.341 e. The number of benzene rings is 1. The van der Waals surface area contributed by atoms with Crippen LogP contribution in [0.15, 0.2) is 24.3 Å². The van der Waals surface area contributed by atoms with Crippen LogP contribution in [-0.2, 0) is 9.59 Å². The highest BCUT2D eigenvalue weighted by molar-refractivity contribution is 6.03. The van der Waals surface area contributed by atoms with Crippen molar-refractivity contribution in [2.45, 2.75) is 24.8 Å². The van der Waals surface area contributed by atoms with E-state index in [0.717, 1.165) is 24.9 Å². The molecule has 3 N–H and O–H groups in total. The number of hydrazine groups is 1. The van der Waals surface area contributed by atoms with Crippen molar-refractivity contribution < 1.29 is 18.8 Å². The number of carbonyl (C=O) groups is 3. The molecule has 3 unspecified atom stereocenters. The van der Waals surface area contributed by atoms with Crippen molar-refractivity contribution in [3.63, 3.8) is 0 Å². The van der Waals surface area contributed by atoms with Crippen LogP contribution >= 0.6 is 0 Å². The Morgan fingerprint density at radius 3 is 2.71 bits per heavy atom. The molecule has 3 aliphatic heterocycles. The summed E-state index contributed by atoms with van der Waals surface area (Å²) in [5.74, 6) is -0.325. The number of carbonyl (C=O) groups excluding carboxylic acids is 3. The van der Waals surface area contributed by atoms with Crippen LogP contribution in [0.3, 0.4) is 0 Å². The maximum Gasteiger partial charge on any atom is 0.325 e. The van der Waals surface area contributed by atoms with Gasteiger partial charge < -0.3 is 9.80 Å². The minimum Gasteiger partial charge on any atom is -0.341 e. The lowest BCUT2D eigenvalue weighted by molar-refractivity contribution is -0.133. The van der Waals surface area contributed by atoms with Gasteiger partial charge in [-0.1, -0.05) is 12.1 Å². The lowest BCUT2D eigenvalue weighted by Crippen LogP contribution is -2.50. The number of likely N-dealkylation sites (tertiary alicyclic amines) is 1. The third-order valence-corrected chi connectivity index (χ3v) is 5.83. The van der Waals surface area contributed by atoms with Crippen LogP contribution in [0.2, 0.25) is 0 Å². The smallest absolute Gasteiger partial charge is 0.325 e. The van der Waals surface area contributed by atoms with Gasteiger partial charge in [0.2, 0.25) is 11.8 Å².